The Hall–Kier alpha value is -2.07. The largest absolute Gasteiger partial charge is 0.388 e. The van der Waals surface area contributed by atoms with Crippen LogP contribution in [0.4, 0.5) is 15.8 Å². The molecule has 0 radical (unpaired) electrons. The summed E-state index contributed by atoms with van der Waals surface area (Å²) in [6, 6.07) is 9.75. The minimum Gasteiger partial charge on any atom is -0.388 e. The van der Waals surface area contributed by atoms with Gasteiger partial charge in [-0.3, -0.25) is 4.79 Å². The number of benzene rings is 2. The summed E-state index contributed by atoms with van der Waals surface area (Å²) in [7, 11) is 1.81. The topological polar surface area (TPSA) is 41.1 Å². The molecule has 0 saturated heterocycles. The monoisotopic (exact) mass is 292 g/mol. The number of nitrogens with one attached hydrogen (secondary N) is 2. The third kappa shape index (κ3) is 3.08. The van der Waals surface area contributed by atoms with E-state index < -0.39 is 11.7 Å². The zero-order valence-corrected chi connectivity index (χ0v) is 11.9. The first-order chi connectivity index (χ1) is 9.51. The fourth-order valence-electron chi connectivity index (χ4n) is 1.74. The van der Waals surface area contributed by atoms with Crippen molar-refractivity contribution in [2.45, 2.75) is 6.92 Å². The van der Waals surface area contributed by atoms with E-state index in [1.807, 2.05) is 19.2 Å². The van der Waals surface area contributed by atoms with Gasteiger partial charge in [0, 0.05) is 18.4 Å². The van der Waals surface area contributed by atoms with Crippen LogP contribution in [0, 0.1) is 12.7 Å². The van der Waals surface area contributed by atoms with Crippen molar-refractivity contribution in [1.82, 2.24) is 0 Å². The van der Waals surface area contributed by atoms with Gasteiger partial charge in [-0.1, -0.05) is 11.6 Å². The number of anilines is 2. The van der Waals surface area contributed by atoms with E-state index in [1.54, 1.807) is 19.1 Å². The number of carbonyl (C=O) groups is 1. The first kappa shape index (κ1) is 14.3. The maximum absolute atomic E-state index is 13.5. The summed E-state index contributed by atoms with van der Waals surface area (Å²) in [5.74, 6) is -0.892. The smallest absolute Gasteiger partial charge is 0.257 e. The van der Waals surface area contributed by atoms with Gasteiger partial charge >= 0.3 is 0 Å². The normalized spacial score (nSPS) is 10.2. The molecule has 2 N–H and O–H groups in total. The van der Waals surface area contributed by atoms with E-state index in [2.05, 4.69) is 10.6 Å². The van der Waals surface area contributed by atoms with Gasteiger partial charge in [-0.15, -0.1) is 0 Å². The van der Waals surface area contributed by atoms with Gasteiger partial charge in [0.25, 0.3) is 5.91 Å². The van der Waals surface area contributed by atoms with Crippen LogP contribution in [0.2, 0.25) is 5.02 Å². The highest BCUT2D eigenvalue weighted by atomic mass is 35.5. The molecule has 1 amide bonds. The SMILES string of the molecule is CNc1ccc(NC(=O)c2cc(F)c(C)cc2Cl)cc1. The van der Waals surface area contributed by atoms with Gasteiger partial charge in [-0.05, 0) is 48.9 Å². The standard InChI is InChI=1S/C15H14ClFN2O/c1-9-7-13(16)12(8-14(9)17)15(20)19-11-5-3-10(18-2)4-6-11/h3-8,18H,1-2H3,(H,19,20). The molecule has 3 nitrogen and oxygen atoms in total. The Kier molecular flexibility index (Phi) is 4.25. The molecule has 0 bridgehead atoms. The maximum atomic E-state index is 13.5. The quantitative estimate of drug-likeness (QED) is 0.895. The van der Waals surface area contributed by atoms with E-state index in [-0.39, 0.29) is 10.6 Å². The molecule has 5 heteroatoms. The second kappa shape index (κ2) is 5.92. The second-order valence-corrected chi connectivity index (χ2v) is 4.77. The van der Waals surface area contributed by atoms with Crippen molar-refractivity contribution in [3.63, 3.8) is 0 Å². The summed E-state index contributed by atoms with van der Waals surface area (Å²) in [4.78, 5) is 12.1. The predicted molar refractivity (Wildman–Crippen MR) is 80.1 cm³/mol. The molecule has 2 rings (SSSR count). The molecular weight excluding hydrogens is 279 g/mol. The highest BCUT2D eigenvalue weighted by Crippen LogP contribution is 2.22. The molecule has 0 aromatic heterocycles. The van der Waals surface area contributed by atoms with E-state index in [0.717, 1.165) is 11.8 Å². The molecule has 0 atom stereocenters. The van der Waals surface area contributed by atoms with Gasteiger partial charge in [0.05, 0.1) is 10.6 Å². The lowest BCUT2D eigenvalue weighted by Crippen LogP contribution is -2.13. The average Bonchev–Trinajstić information content (AvgIpc) is 2.43. The van der Waals surface area contributed by atoms with Crippen molar-refractivity contribution < 1.29 is 9.18 Å². The number of halogens is 2. The molecule has 0 aliphatic carbocycles. The number of hydrogen-bond donors (Lipinski definition) is 2. The number of amides is 1. The Labute approximate surface area is 121 Å². The van der Waals surface area contributed by atoms with Crippen LogP contribution < -0.4 is 10.6 Å². The molecule has 0 unspecified atom stereocenters. The zero-order chi connectivity index (χ0) is 14.7. The number of carbonyl (C=O) groups excluding carboxylic acids is 1. The van der Waals surface area contributed by atoms with Gasteiger partial charge in [0.2, 0.25) is 0 Å². The summed E-state index contributed by atoms with van der Waals surface area (Å²) in [5.41, 5.74) is 2.07. The highest BCUT2D eigenvalue weighted by Gasteiger charge is 2.13. The average molecular weight is 293 g/mol. The molecule has 2 aromatic carbocycles. The van der Waals surface area contributed by atoms with Crippen molar-refractivity contribution in [3.8, 4) is 0 Å². The minimum atomic E-state index is -0.454. The third-order valence-corrected chi connectivity index (χ3v) is 3.24. The van der Waals surface area contributed by atoms with E-state index in [1.165, 1.54) is 6.07 Å². The lowest BCUT2D eigenvalue weighted by Gasteiger charge is -2.09. The molecular formula is C15H14ClFN2O. The molecule has 104 valence electrons. The lowest BCUT2D eigenvalue weighted by atomic mass is 10.1. The van der Waals surface area contributed by atoms with Crippen LogP contribution in [0.25, 0.3) is 0 Å². The Morgan fingerprint density at radius 2 is 1.75 bits per heavy atom. The van der Waals surface area contributed by atoms with Gasteiger partial charge in [-0.25, -0.2) is 4.39 Å². The van der Waals surface area contributed by atoms with Crippen LogP contribution in [0.15, 0.2) is 36.4 Å². The summed E-state index contributed by atoms with van der Waals surface area (Å²) >= 11 is 5.97. The molecule has 2 aromatic rings. The van der Waals surface area contributed by atoms with Gasteiger partial charge in [0.1, 0.15) is 5.82 Å². The fraction of sp³-hybridized carbons (Fsp3) is 0.133. The third-order valence-electron chi connectivity index (χ3n) is 2.92. The van der Waals surface area contributed by atoms with E-state index in [9.17, 15) is 9.18 Å². The molecule has 0 saturated carbocycles. The van der Waals surface area contributed by atoms with Crippen LogP contribution in [-0.4, -0.2) is 13.0 Å². The second-order valence-electron chi connectivity index (χ2n) is 4.36. The van der Waals surface area contributed by atoms with Crippen molar-refractivity contribution in [1.29, 1.82) is 0 Å². The van der Waals surface area contributed by atoms with Gasteiger partial charge in [0.15, 0.2) is 0 Å². The molecule has 0 aliphatic rings. The zero-order valence-electron chi connectivity index (χ0n) is 11.1. The van der Waals surface area contributed by atoms with Crippen LogP contribution in [0.3, 0.4) is 0 Å². The molecule has 20 heavy (non-hydrogen) atoms. The maximum Gasteiger partial charge on any atom is 0.257 e. The molecule has 0 fully saturated rings. The van der Waals surface area contributed by atoms with E-state index in [4.69, 9.17) is 11.6 Å². The van der Waals surface area contributed by atoms with Gasteiger partial charge in [-0.2, -0.15) is 0 Å². The summed E-state index contributed by atoms with van der Waals surface area (Å²) < 4.78 is 13.5. The van der Waals surface area contributed by atoms with Crippen LogP contribution in [0.1, 0.15) is 15.9 Å². The molecule has 0 heterocycles. The van der Waals surface area contributed by atoms with Crippen molar-refractivity contribution >= 4 is 28.9 Å². The summed E-state index contributed by atoms with van der Waals surface area (Å²) in [6.45, 7) is 1.60. The Bertz CT molecular complexity index is 641. The van der Waals surface area contributed by atoms with Gasteiger partial charge < -0.3 is 10.6 Å². The fourth-order valence-corrected chi connectivity index (χ4v) is 2.04. The van der Waals surface area contributed by atoms with Crippen molar-refractivity contribution in [3.05, 3.63) is 58.4 Å². The first-order valence-electron chi connectivity index (χ1n) is 6.06. The molecule has 0 aliphatic heterocycles. The lowest BCUT2D eigenvalue weighted by molar-refractivity contribution is 0.102. The number of aryl methyl sites for hydroxylation is 1. The van der Waals surface area contributed by atoms with Crippen LogP contribution >= 0.6 is 11.6 Å². The van der Waals surface area contributed by atoms with Crippen LogP contribution in [-0.2, 0) is 0 Å². The van der Waals surface area contributed by atoms with E-state index >= 15 is 0 Å². The highest BCUT2D eigenvalue weighted by molar-refractivity contribution is 6.34. The first-order valence-corrected chi connectivity index (χ1v) is 6.44. The number of rotatable bonds is 3. The number of hydrogen-bond acceptors (Lipinski definition) is 2. The Morgan fingerprint density at radius 1 is 1.15 bits per heavy atom. The predicted octanol–water partition coefficient (Wildman–Crippen LogP) is 4.08. The van der Waals surface area contributed by atoms with Crippen LogP contribution in [0.5, 0.6) is 0 Å². The minimum absolute atomic E-state index is 0.118. The van der Waals surface area contributed by atoms with Crippen molar-refractivity contribution in [2.75, 3.05) is 17.7 Å². The van der Waals surface area contributed by atoms with Crippen molar-refractivity contribution in [2.24, 2.45) is 0 Å². The van der Waals surface area contributed by atoms with E-state index in [0.29, 0.717) is 11.3 Å². The Balaban J connectivity index is 2.21. The summed E-state index contributed by atoms with van der Waals surface area (Å²) in [5, 5.41) is 5.89. The molecule has 0 spiro atoms. The summed E-state index contributed by atoms with van der Waals surface area (Å²) in [6.07, 6.45) is 0. The Morgan fingerprint density at radius 3 is 2.35 bits per heavy atom.